The summed E-state index contributed by atoms with van der Waals surface area (Å²) < 4.78 is 4.66. The summed E-state index contributed by atoms with van der Waals surface area (Å²) in [6.07, 6.45) is 2.54. The lowest BCUT2D eigenvalue weighted by molar-refractivity contribution is -0.140. The number of carboxylic acids is 1. The van der Waals surface area contributed by atoms with E-state index in [1.54, 1.807) is 6.08 Å². The van der Waals surface area contributed by atoms with E-state index in [1.807, 2.05) is 13.8 Å². The van der Waals surface area contributed by atoms with E-state index in [1.165, 1.54) is 6.08 Å². The van der Waals surface area contributed by atoms with E-state index >= 15 is 0 Å². The van der Waals surface area contributed by atoms with Crippen LogP contribution in [0.4, 0.5) is 4.79 Å². The molecule has 5 heteroatoms. The molecule has 0 aliphatic rings. The molecule has 1 amide bonds. The maximum absolute atomic E-state index is 11.2. The second-order valence-electron chi connectivity index (χ2n) is 4.32. The van der Waals surface area contributed by atoms with E-state index in [-0.39, 0.29) is 18.4 Å². The summed E-state index contributed by atoms with van der Waals surface area (Å²) in [6.45, 7) is 10.7. The number of nitrogens with one attached hydrogen (secondary N) is 1. The third-order valence-electron chi connectivity index (χ3n) is 2.21. The number of carboxylic acid groups (broad SMARTS) is 1. The minimum atomic E-state index is -1.10. The normalized spacial score (nSPS) is 12.4. The lowest BCUT2D eigenvalue weighted by Gasteiger charge is -2.24. The third-order valence-corrected chi connectivity index (χ3v) is 2.21. The Labute approximate surface area is 101 Å². The minimum absolute atomic E-state index is 0.0447. The van der Waals surface area contributed by atoms with Gasteiger partial charge in [0.05, 0.1) is 0 Å². The highest BCUT2D eigenvalue weighted by Gasteiger charge is 2.27. The van der Waals surface area contributed by atoms with Crippen molar-refractivity contribution in [3.05, 3.63) is 25.3 Å². The summed E-state index contributed by atoms with van der Waals surface area (Å²) in [5, 5.41) is 11.3. The molecule has 0 fully saturated rings. The van der Waals surface area contributed by atoms with Crippen molar-refractivity contribution in [3.8, 4) is 0 Å². The molecule has 0 bridgehead atoms. The maximum atomic E-state index is 11.2. The third kappa shape index (κ3) is 6.40. The van der Waals surface area contributed by atoms with E-state index < -0.39 is 18.1 Å². The molecule has 0 unspecified atom stereocenters. The van der Waals surface area contributed by atoms with Crippen LogP contribution >= 0.6 is 0 Å². The van der Waals surface area contributed by atoms with Crippen molar-refractivity contribution in [2.45, 2.75) is 26.3 Å². The Morgan fingerprint density at radius 2 is 2.06 bits per heavy atom. The summed E-state index contributed by atoms with van der Waals surface area (Å²) in [5.74, 6) is -1.10. The van der Waals surface area contributed by atoms with Crippen LogP contribution in [0.2, 0.25) is 0 Å². The monoisotopic (exact) mass is 241 g/mol. The van der Waals surface area contributed by atoms with Crippen molar-refractivity contribution >= 4 is 12.1 Å². The van der Waals surface area contributed by atoms with Crippen LogP contribution in [0.25, 0.3) is 0 Å². The first-order valence-electron chi connectivity index (χ1n) is 5.23. The maximum Gasteiger partial charge on any atom is 0.408 e. The fraction of sp³-hybridized carbons (Fsp3) is 0.500. The van der Waals surface area contributed by atoms with Gasteiger partial charge in [-0.1, -0.05) is 32.6 Å². The molecule has 0 spiro atoms. The second kappa shape index (κ2) is 6.73. The van der Waals surface area contributed by atoms with Crippen molar-refractivity contribution in [3.63, 3.8) is 0 Å². The number of hydrogen-bond donors (Lipinski definition) is 2. The van der Waals surface area contributed by atoms with Gasteiger partial charge in [0.1, 0.15) is 12.6 Å². The van der Waals surface area contributed by atoms with Gasteiger partial charge >= 0.3 is 12.1 Å². The van der Waals surface area contributed by atoms with Gasteiger partial charge in [0.15, 0.2) is 0 Å². The molecule has 0 aromatic rings. The Balaban J connectivity index is 4.44. The highest BCUT2D eigenvalue weighted by atomic mass is 16.5. The number of carbonyl (C=O) groups excluding carboxylic acids is 1. The molecule has 0 saturated heterocycles. The number of hydrogen-bond acceptors (Lipinski definition) is 3. The molecule has 96 valence electrons. The van der Waals surface area contributed by atoms with E-state index in [0.717, 1.165) is 0 Å². The highest BCUT2D eigenvalue weighted by molar-refractivity contribution is 5.79. The fourth-order valence-electron chi connectivity index (χ4n) is 1.13. The molecule has 2 N–H and O–H groups in total. The van der Waals surface area contributed by atoms with Crippen LogP contribution in [0.1, 0.15) is 20.3 Å². The fourth-order valence-corrected chi connectivity index (χ4v) is 1.13. The van der Waals surface area contributed by atoms with Crippen LogP contribution in [0.3, 0.4) is 0 Å². The van der Waals surface area contributed by atoms with Gasteiger partial charge < -0.3 is 15.2 Å². The van der Waals surface area contributed by atoms with Crippen LogP contribution in [0.15, 0.2) is 25.3 Å². The molecular weight excluding hydrogens is 222 g/mol. The Hall–Kier alpha value is -1.78. The first-order valence-corrected chi connectivity index (χ1v) is 5.23. The Morgan fingerprint density at radius 3 is 2.47 bits per heavy atom. The van der Waals surface area contributed by atoms with E-state index in [9.17, 15) is 9.59 Å². The van der Waals surface area contributed by atoms with Crippen molar-refractivity contribution in [2.24, 2.45) is 5.41 Å². The number of alkyl carbamates (subject to hydrolysis) is 1. The van der Waals surface area contributed by atoms with E-state index in [0.29, 0.717) is 0 Å². The zero-order chi connectivity index (χ0) is 13.5. The molecule has 0 rings (SSSR count). The van der Waals surface area contributed by atoms with Gasteiger partial charge in [-0.15, -0.1) is 6.58 Å². The van der Waals surface area contributed by atoms with Gasteiger partial charge in [0, 0.05) is 0 Å². The van der Waals surface area contributed by atoms with E-state index in [2.05, 4.69) is 23.2 Å². The molecule has 17 heavy (non-hydrogen) atoms. The number of aliphatic carboxylic acids is 1. The summed E-state index contributed by atoms with van der Waals surface area (Å²) in [4.78, 5) is 22.2. The Morgan fingerprint density at radius 1 is 1.47 bits per heavy atom. The average Bonchev–Trinajstić information content (AvgIpc) is 2.25. The first kappa shape index (κ1) is 15.2. The molecule has 0 saturated carbocycles. The van der Waals surface area contributed by atoms with Crippen LogP contribution < -0.4 is 5.32 Å². The first-order chi connectivity index (χ1) is 7.82. The zero-order valence-corrected chi connectivity index (χ0v) is 10.2. The summed E-state index contributed by atoms with van der Waals surface area (Å²) in [7, 11) is 0. The van der Waals surface area contributed by atoms with Gasteiger partial charge in [-0.2, -0.15) is 0 Å². The average molecular weight is 241 g/mol. The summed E-state index contributed by atoms with van der Waals surface area (Å²) in [5.41, 5.74) is -0.380. The predicted molar refractivity (Wildman–Crippen MR) is 64.7 cm³/mol. The Kier molecular flexibility index (Phi) is 6.02. The molecule has 0 aromatic heterocycles. The molecular formula is C12H19NO4. The topological polar surface area (TPSA) is 75.6 Å². The lowest BCUT2D eigenvalue weighted by atomic mass is 9.86. The van der Waals surface area contributed by atoms with Crippen LogP contribution in [-0.2, 0) is 9.53 Å². The van der Waals surface area contributed by atoms with Crippen molar-refractivity contribution in [1.82, 2.24) is 5.32 Å². The molecule has 1 atom stereocenters. The highest BCUT2D eigenvalue weighted by Crippen LogP contribution is 2.23. The van der Waals surface area contributed by atoms with Crippen molar-refractivity contribution < 1.29 is 19.4 Å². The number of carbonyl (C=O) groups is 2. The number of ether oxygens (including phenoxy) is 1. The number of rotatable bonds is 7. The summed E-state index contributed by atoms with van der Waals surface area (Å²) >= 11 is 0. The summed E-state index contributed by atoms with van der Waals surface area (Å²) in [6, 6.07) is -1.000. The smallest absolute Gasteiger partial charge is 0.408 e. The number of amides is 1. The molecule has 0 aliphatic heterocycles. The van der Waals surface area contributed by atoms with Crippen LogP contribution in [0.5, 0.6) is 0 Å². The van der Waals surface area contributed by atoms with Gasteiger partial charge in [-0.05, 0) is 11.8 Å². The predicted octanol–water partition coefficient (Wildman–Crippen LogP) is 1.95. The molecule has 0 aliphatic carbocycles. The van der Waals surface area contributed by atoms with Crippen LogP contribution in [0, 0.1) is 5.41 Å². The molecule has 5 nitrogen and oxygen atoms in total. The largest absolute Gasteiger partial charge is 0.480 e. The van der Waals surface area contributed by atoms with Crippen molar-refractivity contribution in [1.29, 1.82) is 0 Å². The quantitative estimate of drug-likeness (QED) is 0.668. The van der Waals surface area contributed by atoms with Gasteiger partial charge in [-0.25, -0.2) is 9.59 Å². The SMILES string of the molecule is C=CCOC(=O)N[C@@H](CC(C)(C)C=C)C(=O)O. The minimum Gasteiger partial charge on any atom is -0.480 e. The lowest BCUT2D eigenvalue weighted by Crippen LogP contribution is -2.43. The molecule has 0 heterocycles. The number of allylic oxidation sites excluding steroid dienone is 1. The van der Waals surface area contributed by atoms with Crippen molar-refractivity contribution in [2.75, 3.05) is 6.61 Å². The van der Waals surface area contributed by atoms with Crippen LogP contribution in [-0.4, -0.2) is 29.8 Å². The van der Waals surface area contributed by atoms with Gasteiger partial charge in [0.25, 0.3) is 0 Å². The molecule has 0 aromatic carbocycles. The molecule has 0 radical (unpaired) electrons. The Bertz CT molecular complexity index is 310. The standard InChI is InChI=1S/C12H19NO4/c1-5-7-17-11(16)13-9(10(14)15)8-12(3,4)6-2/h5-6,9H,1-2,7-8H2,3-4H3,(H,13,16)(H,14,15)/t9-/m0/s1. The van der Waals surface area contributed by atoms with Gasteiger partial charge in [0.2, 0.25) is 0 Å². The van der Waals surface area contributed by atoms with E-state index in [4.69, 9.17) is 5.11 Å². The second-order valence-corrected chi connectivity index (χ2v) is 4.32. The zero-order valence-electron chi connectivity index (χ0n) is 10.2. The van der Waals surface area contributed by atoms with Gasteiger partial charge in [-0.3, -0.25) is 0 Å².